The van der Waals surface area contributed by atoms with Crippen LogP contribution in [0.3, 0.4) is 0 Å². The first-order valence-electron chi connectivity index (χ1n) is 6.99. The lowest BCUT2D eigenvalue weighted by molar-refractivity contribution is 0.171. The Labute approximate surface area is 129 Å². The highest BCUT2D eigenvalue weighted by molar-refractivity contribution is 7.91. The topological polar surface area (TPSA) is 64.6 Å². The highest BCUT2D eigenvalue weighted by Crippen LogP contribution is 2.42. The predicted octanol–water partition coefficient (Wildman–Crippen LogP) is 2.13. The third kappa shape index (κ3) is 2.98. The smallest absolute Gasteiger partial charge is 0.217 e. The van der Waals surface area contributed by atoms with Gasteiger partial charge >= 0.3 is 0 Å². The molecule has 21 heavy (non-hydrogen) atoms. The van der Waals surface area contributed by atoms with Crippen molar-refractivity contribution >= 4 is 21.6 Å². The maximum Gasteiger partial charge on any atom is 0.217 e. The molecule has 3 rings (SSSR count). The van der Waals surface area contributed by atoms with E-state index in [4.69, 9.17) is 21.1 Å². The molecule has 7 heteroatoms. The van der Waals surface area contributed by atoms with Gasteiger partial charge in [0.15, 0.2) is 11.5 Å². The Morgan fingerprint density at radius 2 is 2.00 bits per heavy atom. The van der Waals surface area contributed by atoms with Crippen molar-refractivity contribution in [2.45, 2.75) is 30.9 Å². The van der Waals surface area contributed by atoms with Crippen LogP contribution < -0.4 is 14.2 Å². The number of rotatable bonds is 5. The zero-order chi connectivity index (χ0) is 15.1. The van der Waals surface area contributed by atoms with Gasteiger partial charge in [0.2, 0.25) is 10.0 Å². The first-order chi connectivity index (χ1) is 9.91. The molecule has 0 spiro atoms. The summed E-state index contributed by atoms with van der Waals surface area (Å²) in [6.45, 7) is 3.12. The number of hydrogen-bond acceptors (Lipinski definition) is 4. The third-order valence-corrected chi connectivity index (χ3v) is 6.54. The second-order valence-corrected chi connectivity index (χ2v) is 8.39. The fourth-order valence-electron chi connectivity index (χ4n) is 2.26. The Bertz CT molecular complexity index is 655. The molecule has 0 amide bonds. The van der Waals surface area contributed by atoms with Crippen molar-refractivity contribution in [1.82, 2.24) is 4.72 Å². The van der Waals surface area contributed by atoms with Crippen LogP contribution in [0.5, 0.6) is 11.5 Å². The van der Waals surface area contributed by atoms with Gasteiger partial charge in [0.05, 0.1) is 9.77 Å². The van der Waals surface area contributed by atoms with Crippen LogP contribution in [0.2, 0.25) is 5.02 Å². The average Bonchev–Trinajstić information content (AvgIpc) is 3.19. The Morgan fingerprint density at radius 1 is 1.29 bits per heavy atom. The molecular formula is C14H18ClNO4S. The van der Waals surface area contributed by atoms with Crippen LogP contribution >= 0.6 is 11.6 Å². The molecule has 2 aliphatic rings. The minimum absolute atomic E-state index is 0.355. The van der Waals surface area contributed by atoms with Crippen molar-refractivity contribution in [3.63, 3.8) is 0 Å². The highest BCUT2D eigenvalue weighted by Gasteiger charge is 2.49. The largest absolute Gasteiger partial charge is 0.486 e. The summed E-state index contributed by atoms with van der Waals surface area (Å²) >= 11 is 6.16. The predicted molar refractivity (Wildman–Crippen MR) is 80.7 cm³/mol. The van der Waals surface area contributed by atoms with Gasteiger partial charge in [-0.2, -0.15) is 0 Å². The molecule has 0 atom stereocenters. The molecule has 1 N–H and O–H groups in total. The Hall–Kier alpha value is -0.980. The Morgan fingerprint density at radius 3 is 2.71 bits per heavy atom. The van der Waals surface area contributed by atoms with Crippen LogP contribution in [-0.4, -0.2) is 32.9 Å². The number of benzene rings is 1. The molecule has 1 aromatic rings. The van der Waals surface area contributed by atoms with Gasteiger partial charge in [-0.3, -0.25) is 0 Å². The molecule has 0 saturated heterocycles. The van der Waals surface area contributed by atoms with Gasteiger partial charge in [-0.15, -0.1) is 0 Å². The third-order valence-electron chi connectivity index (χ3n) is 3.97. The standard InChI is InChI=1S/C14H18ClNO4S/c1-14(3-4-14)21(17,18)16-5-2-10-8-11(15)13-12(9-10)19-6-7-20-13/h8-9,16H,2-7H2,1H3. The molecule has 1 heterocycles. The van der Waals surface area contributed by atoms with Gasteiger partial charge in [-0.05, 0) is 43.9 Å². The first-order valence-corrected chi connectivity index (χ1v) is 8.85. The van der Waals surface area contributed by atoms with E-state index in [-0.39, 0.29) is 0 Å². The van der Waals surface area contributed by atoms with Gasteiger partial charge in [0.25, 0.3) is 0 Å². The van der Waals surface area contributed by atoms with Gasteiger partial charge in [0, 0.05) is 6.54 Å². The minimum atomic E-state index is -3.22. The molecule has 5 nitrogen and oxygen atoms in total. The molecule has 116 valence electrons. The summed E-state index contributed by atoms with van der Waals surface area (Å²) in [4.78, 5) is 0. The maximum atomic E-state index is 12.0. The van der Waals surface area contributed by atoms with Crippen LogP contribution in [-0.2, 0) is 16.4 Å². The monoisotopic (exact) mass is 331 g/mol. The summed E-state index contributed by atoms with van der Waals surface area (Å²) in [7, 11) is -3.22. The zero-order valence-electron chi connectivity index (χ0n) is 11.8. The van der Waals surface area contributed by atoms with Crippen LogP contribution in [0.25, 0.3) is 0 Å². The van der Waals surface area contributed by atoms with Crippen LogP contribution in [0.1, 0.15) is 25.3 Å². The van der Waals surface area contributed by atoms with E-state index in [1.165, 1.54) is 0 Å². The van der Waals surface area contributed by atoms with E-state index >= 15 is 0 Å². The molecule has 0 radical (unpaired) electrons. The van der Waals surface area contributed by atoms with E-state index in [1.54, 1.807) is 13.0 Å². The minimum Gasteiger partial charge on any atom is -0.486 e. The molecule has 0 aromatic heterocycles. The van der Waals surface area contributed by atoms with Gasteiger partial charge in [-0.25, -0.2) is 13.1 Å². The van der Waals surface area contributed by atoms with E-state index in [2.05, 4.69) is 4.72 Å². The number of nitrogens with one attached hydrogen (secondary N) is 1. The highest BCUT2D eigenvalue weighted by atomic mass is 35.5. The normalized spacial score (nSPS) is 19.3. The zero-order valence-corrected chi connectivity index (χ0v) is 13.4. The Kier molecular flexibility index (Phi) is 3.80. The van der Waals surface area contributed by atoms with Gasteiger partial charge in [0.1, 0.15) is 13.2 Å². The molecule has 0 bridgehead atoms. The van der Waals surface area contributed by atoms with Crippen molar-refractivity contribution in [2.24, 2.45) is 0 Å². The molecule has 1 aliphatic carbocycles. The number of hydrogen-bond donors (Lipinski definition) is 1. The quantitative estimate of drug-likeness (QED) is 0.897. The summed E-state index contributed by atoms with van der Waals surface area (Å²) in [5.74, 6) is 1.19. The lowest BCUT2D eigenvalue weighted by Crippen LogP contribution is -2.35. The Balaban J connectivity index is 1.65. The van der Waals surface area contributed by atoms with Crippen LogP contribution in [0.4, 0.5) is 0 Å². The molecule has 1 fully saturated rings. The SMILES string of the molecule is CC1(S(=O)(=O)NCCc2cc(Cl)c3c(c2)OCCO3)CC1. The summed E-state index contributed by atoms with van der Waals surface area (Å²) in [6.07, 6.45) is 2.03. The number of sulfonamides is 1. The lowest BCUT2D eigenvalue weighted by Gasteiger charge is -2.20. The first kappa shape index (κ1) is 14.9. The molecule has 1 aliphatic heterocycles. The van der Waals surface area contributed by atoms with Crippen LogP contribution in [0.15, 0.2) is 12.1 Å². The number of fused-ring (bicyclic) bond motifs is 1. The van der Waals surface area contributed by atoms with Crippen molar-refractivity contribution in [1.29, 1.82) is 0 Å². The molecular weight excluding hydrogens is 314 g/mol. The van der Waals surface area contributed by atoms with Crippen molar-refractivity contribution in [3.05, 3.63) is 22.7 Å². The van der Waals surface area contributed by atoms with Gasteiger partial charge < -0.3 is 9.47 Å². The number of ether oxygens (including phenoxy) is 2. The van der Waals surface area contributed by atoms with Crippen LogP contribution in [0, 0.1) is 0 Å². The summed E-state index contributed by atoms with van der Waals surface area (Å²) < 4.78 is 37.1. The molecule has 1 saturated carbocycles. The average molecular weight is 332 g/mol. The van der Waals surface area contributed by atoms with Crippen molar-refractivity contribution in [2.75, 3.05) is 19.8 Å². The second-order valence-electron chi connectivity index (χ2n) is 5.70. The number of halogens is 1. The molecule has 0 unspecified atom stereocenters. The van der Waals surface area contributed by atoms with E-state index in [0.717, 1.165) is 18.4 Å². The van der Waals surface area contributed by atoms with E-state index in [9.17, 15) is 8.42 Å². The van der Waals surface area contributed by atoms with Crippen molar-refractivity contribution in [3.8, 4) is 11.5 Å². The van der Waals surface area contributed by atoms with E-state index < -0.39 is 14.8 Å². The summed E-state index contributed by atoms with van der Waals surface area (Å²) in [5.41, 5.74) is 0.924. The fourth-order valence-corrected chi connectivity index (χ4v) is 3.90. The van der Waals surface area contributed by atoms with Gasteiger partial charge in [-0.1, -0.05) is 11.6 Å². The van der Waals surface area contributed by atoms with Crippen molar-refractivity contribution < 1.29 is 17.9 Å². The molecule has 1 aromatic carbocycles. The maximum absolute atomic E-state index is 12.0. The van der Waals surface area contributed by atoms with E-state index in [1.807, 2.05) is 6.07 Å². The van der Waals surface area contributed by atoms with E-state index in [0.29, 0.717) is 42.7 Å². The second kappa shape index (κ2) is 5.34. The lowest BCUT2D eigenvalue weighted by atomic mass is 10.1. The fraction of sp³-hybridized carbons (Fsp3) is 0.571. The summed E-state index contributed by atoms with van der Waals surface area (Å²) in [5, 5.41) is 0.499. The summed E-state index contributed by atoms with van der Waals surface area (Å²) in [6, 6.07) is 3.65.